The number of hydrogen-bond donors (Lipinski definition) is 0. The summed E-state index contributed by atoms with van der Waals surface area (Å²) in [6.07, 6.45) is 0. The normalized spacial score (nSPS) is 11.6. The molecule has 0 heterocycles. The SMILES string of the molecule is Cc1cc(C)c(C)c(S(=O)(=O)N(C)CC#N)c1C. The van der Waals surface area contributed by atoms with Crippen LogP contribution in [0.1, 0.15) is 22.3 Å². The largest absolute Gasteiger partial charge is 0.244 e. The number of sulfonamides is 1. The molecular weight excluding hydrogens is 248 g/mol. The van der Waals surface area contributed by atoms with Crippen molar-refractivity contribution in [2.24, 2.45) is 0 Å². The lowest BCUT2D eigenvalue weighted by molar-refractivity contribution is 0.500. The quantitative estimate of drug-likeness (QED) is 0.787. The van der Waals surface area contributed by atoms with Crippen molar-refractivity contribution in [3.8, 4) is 6.07 Å². The van der Waals surface area contributed by atoms with Crippen molar-refractivity contribution < 1.29 is 8.42 Å². The first kappa shape index (κ1) is 14.7. The van der Waals surface area contributed by atoms with E-state index in [-0.39, 0.29) is 6.54 Å². The minimum absolute atomic E-state index is 0.145. The first-order valence-electron chi connectivity index (χ1n) is 5.64. The number of nitrogens with zero attached hydrogens (tertiary/aromatic N) is 2. The van der Waals surface area contributed by atoms with Crippen molar-refractivity contribution in [2.75, 3.05) is 13.6 Å². The van der Waals surface area contributed by atoms with Crippen LogP contribution < -0.4 is 0 Å². The highest BCUT2D eigenvalue weighted by atomic mass is 32.2. The second kappa shape index (κ2) is 5.09. The number of benzene rings is 1. The van der Waals surface area contributed by atoms with E-state index in [1.807, 2.05) is 26.0 Å². The average molecular weight is 266 g/mol. The van der Waals surface area contributed by atoms with Gasteiger partial charge in [-0.2, -0.15) is 9.57 Å². The summed E-state index contributed by atoms with van der Waals surface area (Å²) in [6.45, 7) is 7.24. The lowest BCUT2D eigenvalue weighted by Crippen LogP contribution is -2.28. The van der Waals surface area contributed by atoms with Crippen LogP contribution in [0.4, 0.5) is 0 Å². The fourth-order valence-electron chi connectivity index (χ4n) is 1.91. The Morgan fingerprint density at radius 3 is 2.00 bits per heavy atom. The summed E-state index contributed by atoms with van der Waals surface area (Å²) in [4.78, 5) is 0.331. The molecule has 0 saturated carbocycles. The Labute approximate surface area is 109 Å². The molecule has 1 rings (SSSR count). The molecule has 0 aromatic heterocycles. The summed E-state index contributed by atoms with van der Waals surface area (Å²) in [5.41, 5.74) is 3.40. The zero-order valence-electron chi connectivity index (χ0n) is 11.4. The first-order chi connectivity index (χ1) is 8.23. The van der Waals surface area contributed by atoms with E-state index in [4.69, 9.17) is 5.26 Å². The van der Waals surface area contributed by atoms with Crippen LogP contribution in [0.5, 0.6) is 0 Å². The highest BCUT2D eigenvalue weighted by Crippen LogP contribution is 2.27. The molecule has 0 N–H and O–H groups in total. The summed E-state index contributed by atoms with van der Waals surface area (Å²) in [5, 5.41) is 8.64. The first-order valence-corrected chi connectivity index (χ1v) is 7.08. The Kier molecular flexibility index (Phi) is 4.15. The van der Waals surface area contributed by atoms with Crippen molar-refractivity contribution in [1.29, 1.82) is 5.26 Å². The van der Waals surface area contributed by atoms with Crippen molar-refractivity contribution in [2.45, 2.75) is 32.6 Å². The molecule has 0 bridgehead atoms. The second-order valence-corrected chi connectivity index (χ2v) is 6.49. The fraction of sp³-hybridized carbons (Fsp3) is 0.462. The number of aryl methyl sites for hydroxylation is 2. The molecule has 98 valence electrons. The summed E-state index contributed by atoms with van der Waals surface area (Å²) in [6, 6.07) is 3.84. The Bertz CT molecular complexity index is 587. The van der Waals surface area contributed by atoms with E-state index in [0.29, 0.717) is 4.90 Å². The van der Waals surface area contributed by atoms with Gasteiger partial charge in [-0.3, -0.25) is 0 Å². The monoisotopic (exact) mass is 266 g/mol. The molecule has 0 amide bonds. The molecule has 0 spiro atoms. The zero-order valence-corrected chi connectivity index (χ0v) is 12.2. The van der Waals surface area contributed by atoms with Gasteiger partial charge in [0.05, 0.1) is 11.0 Å². The minimum atomic E-state index is -3.60. The number of hydrogen-bond acceptors (Lipinski definition) is 3. The lowest BCUT2D eigenvalue weighted by atomic mass is 10.0. The summed E-state index contributed by atoms with van der Waals surface area (Å²) < 4.78 is 26.0. The summed E-state index contributed by atoms with van der Waals surface area (Å²) in [5.74, 6) is 0. The molecular formula is C13H18N2O2S. The average Bonchev–Trinajstić information content (AvgIpc) is 2.26. The number of nitriles is 1. The van der Waals surface area contributed by atoms with Crippen molar-refractivity contribution in [3.05, 3.63) is 28.3 Å². The molecule has 0 atom stereocenters. The Morgan fingerprint density at radius 1 is 1.17 bits per heavy atom. The van der Waals surface area contributed by atoms with E-state index in [1.54, 1.807) is 13.8 Å². The van der Waals surface area contributed by atoms with Gasteiger partial charge in [0, 0.05) is 7.05 Å². The Morgan fingerprint density at radius 2 is 1.61 bits per heavy atom. The van der Waals surface area contributed by atoms with Gasteiger partial charge in [0.15, 0.2) is 0 Å². The maximum Gasteiger partial charge on any atom is 0.244 e. The predicted molar refractivity (Wildman–Crippen MR) is 70.8 cm³/mol. The third-order valence-electron chi connectivity index (χ3n) is 3.26. The van der Waals surface area contributed by atoms with E-state index in [1.165, 1.54) is 7.05 Å². The molecule has 0 unspecified atom stereocenters. The van der Waals surface area contributed by atoms with E-state index in [2.05, 4.69) is 0 Å². The molecule has 0 radical (unpaired) electrons. The molecule has 5 heteroatoms. The molecule has 0 saturated heterocycles. The Balaban J connectivity index is 3.57. The molecule has 4 nitrogen and oxygen atoms in total. The molecule has 0 aliphatic rings. The van der Waals surface area contributed by atoms with Crippen LogP contribution in [-0.4, -0.2) is 26.3 Å². The molecule has 0 aliphatic carbocycles. The third kappa shape index (κ3) is 2.40. The predicted octanol–water partition coefficient (Wildman–Crippen LogP) is 2.06. The lowest BCUT2D eigenvalue weighted by Gasteiger charge is -2.20. The second-order valence-electron chi connectivity index (χ2n) is 4.51. The van der Waals surface area contributed by atoms with Gasteiger partial charge in [-0.25, -0.2) is 8.42 Å². The Hall–Kier alpha value is -1.38. The van der Waals surface area contributed by atoms with Crippen LogP contribution >= 0.6 is 0 Å². The molecule has 18 heavy (non-hydrogen) atoms. The smallest absolute Gasteiger partial charge is 0.207 e. The van der Waals surface area contributed by atoms with E-state index in [9.17, 15) is 8.42 Å². The van der Waals surface area contributed by atoms with Gasteiger partial charge in [0.25, 0.3) is 0 Å². The topological polar surface area (TPSA) is 61.2 Å². The van der Waals surface area contributed by atoms with Gasteiger partial charge in [-0.05, 0) is 49.9 Å². The molecule has 0 aliphatic heterocycles. The van der Waals surface area contributed by atoms with E-state index >= 15 is 0 Å². The third-order valence-corrected chi connectivity index (χ3v) is 5.34. The van der Waals surface area contributed by atoms with Gasteiger partial charge in [-0.15, -0.1) is 0 Å². The maximum atomic E-state index is 12.4. The van der Waals surface area contributed by atoms with Gasteiger partial charge in [0.1, 0.15) is 6.54 Å². The molecule has 1 aromatic carbocycles. The summed E-state index contributed by atoms with van der Waals surface area (Å²) in [7, 11) is -2.17. The highest BCUT2D eigenvalue weighted by molar-refractivity contribution is 7.89. The van der Waals surface area contributed by atoms with Crippen LogP contribution in [0.25, 0.3) is 0 Å². The van der Waals surface area contributed by atoms with Crippen LogP contribution in [0, 0.1) is 39.0 Å². The molecule has 1 aromatic rings. The van der Waals surface area contributed by atoms with Crippen LogP contribution in [0.15, 0.2) is 11.0 Å². The van der Waals surface area contributed by atoms with Crippen LogP contribution in [0.2, 0.25) is 0 Å². The van der Waals surface area contributed by atoms with Crippen molar-refractivity contribution in [3.63, 3.8) is 0 Å². The van der Waals surface area contributed by atoms with Gasteiger partial charge < -0.3 is 0 Å². The van der Waals surface area contributed by atoms with Crippen molar-refractivity contribution >= 4 is 10.0 Å². The van der Waals surface area contributed by atoms with Crippen LogP contribution in [-0.2, 0) is 10.0 Å². The van der Waals surface area contributed by atoms with E-state index in [0.717, 1.165) is 26.6 Å². The van der Waals surface area contributed by atoms with Gasteiger partial charge in [0.2, 0.25) is 10.0 Å². The highest BCUT2D eigenvalue weighted by Gasteiger charge is 2.26. The standard InChI is InChI=1S/C13H18N2O2S/c1-9-8-10(2)12(4)13(11(9)3)18(16,17)15(5)7-6-14/h8H,7H2,1-5H3. The summed E-state index contributed by atoms with van der Waals surface area (Å²) >= 11 is 0. The van der Waals surface area contributed by atoms with Gasteiger partial charge in [-0.1, -0.05) is 6.07 Å². The zero-order chi connectivity index (χ0) is 14.1. The van der Waals surface area contributed by atoms with Crippen LogP contribution in [0.3, 0.4) is 0 Å². The van der Waals surface area contributed by atoms with Gasteiger partial charge >= 0.3 is 0 Å². The van der Waals surface area contributed by atoms with E-state index < -0.39 is 10.0 Å². The number of rotatable bonds is 3. The fourth-order valence-corrected chi connectivity index (χ4v) is 3.54. The maximum absolute atomic E-state index is 12.4. The van der Waals surface area contributed by atoms with Crippen molar-refractivity contribution in [1.82, 2.24) is 4.31 Å². The molecule has 0 fully saturated rings. The minimum Gasteiger partial charge on any atom is -0.207 e.